The Hall–Kier alpha value is -2.45. The molecule has 2 aromatic heterocycles. The van der Waals surface area contributed by atoms with Crippen molar-refractivity contribution in [2.24, 2.45) is 0 Å². The van der Waals surface area contributed by atoms with Crippen LogP contribution < -0.4 is 5.73 Å². The van der Waals surface area contributed by atoms with Gasteiger partial charge in [0.05, 0.1) is 0 Å². The number of nitrogens with two attached hydrogens (primary N) is 1. The fourth-order valence-electron chi connectivity index (χ4n) is 1.95. The molecule has 1 unspecified atom stereocenters. The van der Waals surface area contributed by atoms with Gasteiger partial charge in [0.1, 0.15) is 23.3 Å². The van der Waals surface area contributed by atoms with E-state index < -0.39 is 11.2 Å². The fraction of sp³-hybridized carbons (Fsp3) is 0.0714. The highest BCUT2D eigenvalue weighted by Crippen LogP contribution is 2.34. The SMILES string of the molecule is C[S+]([O-])c1ccnc(-c2c(-c3ccc(F)cc3)noc2N)n1. The molecule has 0 aliphatic heterocycles. The maximum atomic E-state index is 13.0. The number of benzene rings is 1. The third kappa shape index (κ3) is 2.66. The van der Waals surface area contributed by atoms with Crippen LogP contribution in [0.2, 0.25) is 0 Å². The van der Waals surface area contributed by atoms with Crippen LogP contribution in [0.15, 0.2) is 46.1 Å². The number of nitrogens with zero attached hydrogens (tertiary/aromatic N) is 3. The van der Waals surface area contributed by atoms with Crippen LogP contribution in [0.1, 0.15) is 0 Å². The summed E-state index contributed by atoms with van der Waals surface area (Å²) in [6, 6.07) is 7.28. The molecule has 6 nitrogen and oxygen atoms in total. The summed E-state index contributed by atoms with van der Waals surface area (Å²) in [5.41, 5.74) is 7.21. The van der Waals surface area contributed by atoms with Crippen molar-refractivity contribution in [1.82, 2.24) is 15.1 Å². The molecule has 22 heavy (non-hydrogen) atoms. The summed E-state index contributed by atoms with van der Waals surface area (Å²) >= 11 is -1.25. The Balaban J connectivity index is 2.13. The monoisotopic (exact) mass is 318 g/mol. The third-order valence-electron chi connectivity index (χ3n) is 2.98. The molecule has 0 bridgehead atoms. The van der Waals surface area contributed by atoms with Gasteiger partial charge in [0.2, 0.25) is 10.9 Å². The Labute approximate surface area is 128 Å². The summed E-state index contributed by atoms with van der Waals surface area (Å²) in [6.07, 6.45) is 3.00. The molecule has 0 fully saturated rings. The van der Waals surface area contributed by atoms with Crippen LogP contribution in [-0.2, 0) is 11.2 Å². The predicted molar refractivity (Wildman–Crippen MR) is 79.7 cm³/mol. The topological polar surface area (TPSA) is 101 Å². The Morgan fingerprint density at radius 3 is 2.64 bits per heavy atom. The standard InChI is InChI=1S/C14H11FN4O2S/c1-22(20)10-6-7-17-14(18-10)11-12(19-21-13(11)16)8-2-4-9(15)5-3-8/h2-7H,16H2,1H3. The maximum Gasteiger partial charge on any atom is 0.247 e. The number of rotatable bonds is 3. The van der Waals surface area contributed by atoms with E-state index in [1.54, 1.807) is 18.2 Å². The molecule has 112 valence electrons. The summed E-state index contributed by atoms with van der Waals surface area (Å²) < 4.78 is 29.6. The van der Waals surface area contributed by atoms with Crippen LogP contribution in [0.3, 0.4) is 0 Å². The Morgan fingerprint density at radius 2 is 1.95 bits per heavy atom. The lowest BCUT2D eigenvalue weighted by molar-refractivity contribution is 0.439. The molecule has 1 atom stereocenters. The summed E-state index contributed by atoms with van der Waals surface area (Å²) in [7, 11) is 0. The average molecular weight is 318 g/mol. The van der Waals surface area contributed by atoms with E-state index in [-0.39, 0.29) is 17.5 Å². The lowest BCUT2D eigenvalue weighted by Crippen LogP contribution is -2.03. The van der Waals surface area contributed by atoms with Crippen molar-refractivity contribution in [3.63, 3.8) is 0 Å². The van der Waals surface area contributed by atoms with Gasteiger partial charge >= 0.3 is 0 Å². The molecule has 3 aromatic rings. The van der Waals surface area contributed by atoms with E-state index in [1.807, 2.05) is 0 Å². The molecule has 0 amide bonds. The second-order valence-corrected chi connectivity index (χ2v) is 5.78. The Kier molecular flexibility index (Phi) is 3.78. The zero-order valence-corrected chi connectivity index (χ0v) is 12.3. The van der Waals surface area contributed by atoms with Gasteiger partial charge in [-0.05, 0) is 24.3 Å². The van der Waals surface area contributed by atoms with Gasteiger partial charge in [-0.1, -0.05) is 5.16 Å². The van der Waals surface area contributed by atoms with Gasteiger partial charge in [0.25, 0.3) is 0 Å². The highest BCUT2D eigenvalue weighted by atomic mass is 32.2. The highest BCUT2D eigenvalue weighted by Gasteiger charge is 2.21. The van der Waals surface area contributed by atoms with Crippen molar-refractivity contribution >= 4 is 17.1 Å². The van der Waals surface area contributed by atoms with Crippen LogP contribution in [-0.4, -0.2) is 25.9 Å². The molecule has 2 heterocycles. The van der Waals surface area contributed by atoms with E-state index in [4.69, 9.17) is 10.3 Å². The molecule has 0 spiro atoms. The summed E-state index contributed by atoms with van der Waals surface area (Å²) in [6.45, 7) is 0. The number of hydrogen-bond donors (Lipinski definition) is 1. The minimum absolute atomic E-state index is 0.0401. The van der Waals surface area contributed by atoms with Crippen molar-refractivity contribution < 1.29 is 13.5 Å². The predicted octanol–water partition coefficient (Wildman–Crippen LogP) is 2.26. The van der Waals surface area contributed by atoms with E-state index in [0.29, 0.717) is 21.8 Å². The van der Waals surface area contributed by atoms with E-state index in [0.717, 1.165) is 0 Å². The molecule has 0 aliphatic carbocycles. The molecule has 1 aromatic carbocycles. The lowest BCUT2D eigenvalue weighted by atomic mass is 10.1. The second-order valence-electron chi connectivity index (χ2n) is 4.45. The molecule has 8 heteroatoms. The van der Waals surface area contributed by atoms with Gasteiger partial charge in [-0.15, -0.1) is 0 Å². The van der Waals surface area contributed by atoms with Gasteiger partial charge in [-0.3, -0.25) is 0 Å². The van der Waals surface area contributed by atoms with Crippen molar-refractivity contribution in [3.8, 4) is 22.6 Å². The van der Waals surface area contributed by atoms with E-state index in [9.17, 15) is 8.94 Å². The second kappa shape index (κ2) is 5.74. The van der Waals surface area contributed by atoms with Crippen molar-refractivity contribution in [3.05, 3.63) is 42.3 Å². The largest absolute Gasteiger partial charge is 0.610 e. The van der Waals surface area contributed by atoms with Crippen LogP contribution in [0.25, 0.3) is 22.6 Å². The average Bonchev–Trinajstić information content (AvgIpc) is 2.90. The summed E-state index contributed by atoms with van der Waals surface area (Å²) in [5, 5.41) is 4.26. The van der Waals surface area contributed by atoms with Gasteiger partial charge in [-0.25, -0.2) is 9.37 Å². The van der Waals surface area contributed by atoms with Crippen molar-refractivity contribution in [2.45, 2.75) is 5.03 Å². The summed E-state index contributed by atoms with van der Waals surface area (Å²) in [4.78, 5) is 8.34. The van der Waals surface area contributed by atoms with Gasteiger partial charge in [0.15, 0.2) is 5.82 Å². The maximum absolute atomic E-state index is 13.0. The van der Waals surface area contributed by atoms with E-state index in [2.05, 4.69) is 15.1 Å². The summed E-state index contributed by atoms with van der Waals surface area (Å²) in [5.74, 6) is -0.0643. The van der Waals surface area contributed by atoms with Crippen LogP contribution in [0.5, 0.6) is 0 Å². The number of nitrogen functional groups attached to an aromatic ring is 1. The Bertz CT molecular complexity index is 805. The molecule has 0 saturated carbocycles. The van der Waals surface area contributed by atoms with Crippen LogP contribution >= 0.6 is 0 Å². The quantitative estimate of drug-likeness (QED) is 0.587. The van der Waals surface area contributed by atoms with Crippen LogP contribution in [0, 0.1) is 5.82 Å². The van der Waals surface area contributed by atoms with Gasteiger partial charge in [0, 0.05) is 29.0 Å². The molecule has 0 aliphatic rings. The third-order valence-corrected chi connectivity index (χ3v) is 3.80. The zero-order chi connectivity index (χ0) is 15.7. The smallest absolute Gasteiger partial charge is 0.247 e. The van der Waals surface area contributed by atoms with Gasteiger partial charge in [-0.2, -0.15) is 4.98 Å². The van der Waals surface area contributed by atoms with E-state index in [1.165, 1.54) is 24.6 Å². The minimum Gasteiger partial charge on any atom is -0.610 e. The number of halogens is 1. The first kappa shape index (κ1) is 14.5. The number of anilines is 1. The fourth-order valence-corrected chi connectivity index (χ4v) is 2.41. The van der Waals surface area contributed by atoms with Gasteiger partial charge < -0.3 is 14.8 Å². The first-order valence-electron chi connectivity index (χ1n) is 6.24. The molecular weight excluding hydrogens is 307 g/mol. The molecule has 0 saturated heterocycles. The number of aromatic nitrogens is 3. The minimum atomic E-state index is -1.25. The normalized spacial score (nSPS) is 12.3. The number of hydrogen-bond acceptors (Lipinski definition) is 6. The first-order valence-corrected chi connectivity index (χ1v) is 7.80. The van der Waals surface area contributed by atoms with Crippen molar-refractivity contribution in [2.75, 3.05) is 12.0 Å². The molecule has 0 radical (unpaired) electrons. The highest BCUT2D eigenvalue weighted by molar-refractivity contribution is 7.90. The van der Waals surface area contributed by atoms with E-state index >= 15 is 0 Å². The van der Waals surface area contributed by atoms with Crippen molar-refractivity contribution in [1.29, 1.82) is 0 Å². The molecule has 2 N–H and O–H groups in total. The molecular formula is C14H11FN4O2S. The first-order chi connectivity index (χ1) is 10.6. The Morgan fingerprint density at radius 1 is 1.23 bits per heavy atom. The lowest BCUT2D eigenvalue weighted by Gasteiger charge is -2.05. The van der Waals surface area contributed by atoms with Crippen LogP contribution in [0.4, 0.5) is 10.3 Å². The zero-order valence-electron chi connectivity index (χ0n) is 11.5. The molecule has 3 rings (SSSR count).